The van der Waals surface area contributed by atoms with Crippen molar-refractivity contribution in [2.75, 3.05) is 0 Å². The number of hydrogen-bond acceptors (Lipinski definition) is 3. The molecule has 1 aliphatic rings. The van der Waals surface area contributed by atoms with Crippen LogP contribution in [0, 0.1) is 5.92 Å². The minimum Gasteiger partial charge on any atom is -0.341 e. The van der Waals surface area contributed by atoms with Gasteiger partial charge >= 0.3 is 0 Å². The molecule has 3 aromatic heterocycles. The Kier molecular flexibility index (Phi) is 2.42. The van der Waals surface area contributed by atoms with Crippen molar-refractivity contribution >= 4 is 5.52 Å². The summed E-state index contributed by atoms with van der Waals surface area (Å²) in [5.41, 5.74) is 4.52. The molecule has 2 atom stereocenters. The van der Waals surface area contributed by atoms with E-state index in [9.17, 15) is 0 Å². The molecule has 0 bridgehead atoms. The van der Waals surface area contributed by atoms with Crippen LogP contribution in [0.4, 0.5) is 0 Å². The molecule has 20 heavy (non-hydrogen) atoms. The SMILES string of the molecule is CC1Cc2[nH]c(-c3cnn4ccncc34)nc2C(C)C1. The third-order valence-electron chi connectivity index (χ3n) is 4.17. The minimum absolute atomic E-state index is 0.527. The van der Waals surface area contributed by atoms with Crippen molar-refractivity contribution in [2.24, 2.45) is 5.92 Å². The summed E-state index contributed by atoms with van der Waals surface area (Å²) >= 11 is 0. The van der Waals surface area contributed by atoms with Gasteiger partial charge in [0.1, 0.15) is 5.82 Å². The molecule has 2 unspecified atom stereocenters. The van der Waals surface area contributed by atoms with Gasteiger partial charge in [-0.25, -0.2) is 9.50 Å². The summed E-state index contributed by atoms with van der Waals surface area (Å²) in [5.74, 6) is 2.16. The van der Waals surface area contributed by atoms with E-state index in [1.165, 1.54) is 17.8 Å². The zero-order chi connectivity index (χ0) is 13.7. The zero-order valence-electron chi connectivity index (χ0n) is 11.7. The standard InChI is InChI=1S/C15H17N5/c1-9-5-10(2)14-12(6-9)18-15(19-14)11-7-17-20-4-3-16-8-13(11)20/h3-4,7-10H,5-6H2,1-2H3,(H,18,19). The monoisotopic (exact) mass is 267 g/mol. The van der Waals surface area contributed by atoms with Gasteiger partial charge < -0.3 is 4.98 Å². The fourth-order valence-corrected chi connectivity index (χ4v) is 3.28. The van der Waals surface area contributed by atoms with E-state index >= 15 is 0 Å². The lowest BCUT2D eigenvalue weighted by Crippen LogP contribution is -2.14. The molecule has 0 saturated carbocycles. The molecule has 0 saturated heterocycles. The Bertz CT molecular complexity index is 770. The van der Waals surface area contributed by atoms with E-state index in [0.29, 0.717) is 5.92 Å². The molecule has 0 spiro atoms. The second-order valence-electron chi connectivity index (χ2n) is 5.86. The van der Waals surface area contributed by atoms with Crippen molar-refractivity contribution in [3.63, 3.8) is 0 Å². The van der Waals surface area contributed by atoms with E-state index in [4.69, 9.17) is 4.98 Å². The Balaban J connectivity index is 1.86. The maximum absolute atomic E-state index is 4.82. The van der Waals surface area contributed by atoms with Gasteiger partial charge in [0.15, 0.2) is 0 Å². The van der Waals surface area contributed by atoms with Gasteiger partial charge in [0.25, 0.3) is 0 Å². The molecule has 0 aliphatic heterocycles. The molecule has 3 heterocycles. The van der Waals surface area contributed by atoms with Crippen molar-refractivity contribution in [3.05, 3.63) is 36.2 Å². The molecular weight excluding hydrogens is 250 g/mol. The molecule has 1 N–H and O–H groups in total. The predicted molar refractivity (Wildman–Crippen MR) is 76.5 cm³/mol. The largest absolute Gasteiger partial charge is 0.341 e. The fraction of sp³-hybridized carbons (Fsp3) is 0.400. The van der Waals surface area contributed by atoms with Crippen LogP contribution in [-0.4, -0.2) is 24.6 Å². The summed E-state index contributed by atoms with van der Waals surface area (Å²) in [7, 11) is 0. The number of hydrogen-bond donors (Lipinski definition) is 1. The maximum Gasteiger partial charge on any atom is 0.141 e. The topological polar surface area (TPSA) is 58.9 Å². The number of fused-ring (bicyclic) bond motifs is 2. The number of imidazole rings is 1. The van der Waals surface area contributed by atoms with Crippen LogP contribution < -0.4 is 0 Å². The van der Waals surface area contributed by atoms with Gasteiger partial charge in [-0.05, 0) is 18.8 Å². The van der Waals surface area contributed by atoms with Gasteiger partial charge in [0, 0.05) is 24.0 Å². The lowest BCUT2D eigenvalue weighted by molar-refractivity contribution is 0.440. The quantitative estimate of drug-likeness (QED) is 0.737. The molecule has 102 valence electrons. The third kappa shape index (κ3) is 1.66. The molecule has 0 radical (unpaired) electrons. The summed E-state index contributed by atoms with van der Waals surface area (Å²) in [4.78, 5) is 12.5. The van der Waals surface area contributed by atoms with Crippen molar-refractivity contribution in [1.29, 1.82) is 0 Å². The highest BCUT2D eigenvalue weighted by Gasteiger charge is 2.26. The highest BCUT2D eigenvalue weighted by atomic mass is 15.2. The third-order valence-corrected chi connectivity index (χ3v) is 4.17. The Morgan fingerprint density at radius 2 is 2.20 bits per heavy atom. The normalized spacial score (nSPS) is 22.1. The first-order chi connectivity index (χ1) is 9.72. The van der Waals surface area contributed by atoms with Crippen LogP contribution in [0.5, 0.6) is 0 Å². The van der Waals surface area contributed by atoms with Crippen LogP contribution in [0.3, 0.4) is 0 Å². The molecule has 5 heteroatoms. The van der Waals surface area contributed by atoms with Gasteiger partial charge in [-0.1, -0.05) is 13.8 Å². The Hall–Kier alpha value is -2.17. The van der Waals surface area contributed by atoms with Gasteiger partial charge in [-0.15, -0.1) is 0 Å². The van der Waals surface area contributed by atoms with Crippen LogP contribution in [-0.2, 0) is 6.42 Å². The van der Waals surface area contributed by atoms with E-state index in [0.717, 1.165) is 29.2 Å². The maximum atomic E-state index is 4.82. The number of H-pyrrole nitrogens is 1. The first-order valence-electron chi connectivity index (χ1n) is 7.09. The summed E-state index contributed by atoms with van der Waals surface area (Å²) in [6, 6.07) is 0. The van der Waals surface area contributed by atoms with Crippen molar-refractivity contribution < 1.29 is 0 Å². The number of rotatable bonds is 1. The number of nitrogens with one attached hydrogen (secondary N) is 1. The van der Waals surface area contributed by atoms with E-state index in [2.05, 4.69) is 28.9 Å². The van der Waals surface area contributed by atoms with E-state index < -0.39 is 0 Å². The summed E-state index contributed by atoms with van der Waals surface area (Å²) in [5, 5.41) is 4.35. The Morgan fingerprint density at radius 1 is 1.30 bits per heavy atom. The second kappa shape index (κ2) is 4.16. The summed E-state index contributed by atoms with van der Waals surface area (Å²) in [6.07, 6.45) is 9.58. The Morgan fingerprint density at radius 3 is 3.10 bits per heavy atom. The molecule has 0 amide bonds. The van der Waals surface area contributed by atoms with Crippen LogP contribution in [0.25, 0.3) is 16.9 Å². The smallest absolute Gasteiger partial charge is 0.141 e. The van der Waals surface area contributed by atoms with Crippen LogP contribution in [0.15, 0.2) is 24.8 Å². The van der Waals surface area contributed by atoms with E-state index in [1.54, 1.807) is 6.20 Å². The highest BCUT2D eigenvalue weighted by molar-refractivity contribution is 5.75. The summed E-state index contributed by atoms with van der Waals surface area (Å²) in [6.45, 7) is 4.57. The lowest BCUT2D eigenvalue weighted by Gasteiger charge is -2.22. The molecular formula is C15H17N5. The average Bonchev–Trinajstić information content (AvgIpc) is 3.01. The van der Waals surface area contributed by atoms with Gasteiger partial charge in [-0.2, -0.15) is 5.10 Å². The minimum atomic E-state index is 0.527. The first kappa shape index (κ1) is 11.6. The Labute approximate surface area is 117 Å². The van der Waals surface area contributed by atoms with Gasteiger partial charge in [0.2, 0.25) is 0 Å². The second-order valence-corrected chi connectivity index (χ2v) is 5.86. The molecule has 5 nitrogen and oxygen atoms in total. The van der Waals surface area contributed by atoms with Crippen LogP contribution in [0.2, 0.25) is 0 Å². The van der Waals surface area contributed by atoms with E-state index in [-0.39, 0.29) is 0 Å². The van der Waals surface area contributed by atoms with Crippen LogP contribution in [0.1, 0.15) is 37.6 Å². The van der Waals surface area contributed by atoms with Gasteiger partial charge in [0.05, 0.1) is 29.2 Å². The molecule has 3 aromatic rings. The average molecular weight is 267 g/mol. The molecule has 0 aromatic carbocycles. The van der Waals surface area contributed by atoms with Crippen molar-refractivity contribution in [1.82, 2.24) is 24.6 Å². The summed E-state index contributed by atoms with van der Waals surface area (Å²) < 4.78 is 1.83. The molecule has 4 rings (SSSR count). The first-order valence-corrected chi connectivity index (χ1v) is 7.09. The highest BCUT2D eigenvalue weighted by Crippen LogP contribution is 2.35. The molecule has 0 fully saturated rings. The predicted octanol–water partition coefficient (Wildman–Crippen LogP) is 2.81. The van der Waals surface area contributed by atoms with Crippen LogP contribution >= 0.6 is 0 Å². The number of aromatic amines is 1. The number of aromatic nitrogens is 5. The fourth-order valence-electron chi connectivity index (χ4n) is 3.28. The van der Waals surface area contributed by atoms with Crippen molar-refractivity contribution in [3.8, 4) is 11.4 Å². The van der Waals surface area contributed by atoms with E-state index in [1.807, 2.05) is 23.1 Å². The van der Waals surface area contributed by atoms with Gasteiger partial charge in [-0.3, -0.25) is 4.98 Å². The number of nitrogens with zero attached hydrogens (tertiary/aromatic N) is 4. The van der Waals surface area contributed by atoms with Crippen molar-refractivity contribution in [2.45, 2.75) is 32.6 Å². The zero-order valence-corrected chi connectivity index (χ0v) is 11.7. The molecule has 1 aliphatic carbocycles. The lowest BCUT2D eigenvalue weighted by atomic mass is 9.84.